The van der Waals surface area contributed by atoms with Gasteiger partial charge in [-0.25, -0.2) is 0 Å². The molecule has 2 nitrogen and oxygen atoms in total. The van der Waals surface area contributed by atoms with Crippen molar-refractivity contribution in [2.45, 2.75) is 6.42 Å². The Hall–Kier alpha value is -2.92. The zero-order valence-electron chi connectivity index (χ0n) is 12.2. The number of aliphatic imine (C=N–C) groups is 1. The predicted octanol–water partition coefficient (Wildman–Crippen LogP) is 4.92. The van der Waals surface area contributed by atoms with E-state index in [2.05, 4.69) is 41.4 Å². The number of para-hydroxylation sites is 1. The van der Waals surface area contributed by atoms with Gasteiger partial charge in [0.2, 0.25) is 0 Å². The fraction of sp³-hybridized carbons (Fsp3) is 0.100. The van der Waals surface area contributed by atoms with Crippen LogP contribution in [-0.2, 0) is 6.42 Å². The maximum absolute atomic E-state index is 9.34. The van der Waals surface area contributed by atoms with Crippen molar-refractivity contribution < 1.29 is 0 Å². The van der Waals surface area contributed by atoms with E-state index in [1.54, 1.807) is 6.21 Å². The third-order valence-electron chi connectivity index (χ3n) is 3.60. The van der Waals surface area contributed by atoms with Crippen LogP contribution in [0.2, 0.25) is 0 Å². The van der Waals surface area contributed by atoms with Gasteiger partial charge in [0.25, 0.3) is 0 Å². The Morgan fingerprint density at radius 3 is 2.41 bits per heavy atom. The van der Waals surface area contributed by atoms with Crippen molar-refractivity contribution in [1.82, 2.24) is 0 Å². The molecule has 0 spiro atoms. The Morgan fingerprint density at radius 1 is 0.909 bits per heavy atom. The zero-order chi connectivity index (χ0) is 15.2. The highest BCUT2D eigenvalue weighted by Gasteiger charge is 2.06. The average molecular weight is 284 g/mol. The fourth-order valence-electron chi connectivity index (χ4n) is 2.44. The molecule has 3 aromatic carbocycles. The minimum Gasteiger partial charge on any atom is -0.260 e. The van der Waals surface area contributed by atoms with Gasteiger partial charge in [0.15, 0.2) is 0 Å². The summed E-state index contributed by atoms with van der Waals surface area (Å²) in [5, 5.41) is 11.8. The summed E-state index contributed by atoms with van der Waals surface area (Å²) in [7, 11) is 0. The number of nitriles is 1. The molecule has 0 aliphatic rings. The maximum atomic E-state index is 9.34. The Kier molecular flexibility index (Phi) is 4.27. The van der Waals surface area contributed by atoms with Crippen LogP contribution >= 0.6 is 0 Å². The molecule has 3 rings (SSSR count). The van der Waals surface area contributed by atoms with E-state index >= 15 is 0 Å². The summed E-state index contributed by atoms with van der Waals surface area (Å²) >= 11 is 0. The average Bonchev–Trinajstić information content (AvgIpc) is 2.59. The van der Waals surface area contributed by atoms with Gasteiger partial charge in [0.1, 0.15) is 0 Å². The molecule has 0 amide bonds. The Balaban J connectivity index is 1.77. The molecule has 1 atom stereocenters. The summed E-state index contributed by atoms with van der Waals surface area (Å²) in [6, 6.07) is 26.6. The summed E-state index contributed by atoms with van der Waals surface area (Å²) in [4.78, 5) is 4.39. The number of fused-ring (bicyclic) bond motifs is 1. The van der Waals surface area contributed by atoms with Crippen molar-refractivity contribution in [3.63, 3.8) is 0 Å². The molecule has 0 N–H and O–H groups in total. The van der Waals surface area contributed by atoms with E-state index in [0.29, 0.717) is 6.42 Å². The van der Waals surface area contributed by atoms with Crippen molar-refractivity contribution in [3.8, 4) is 6.07 Å². The second-order valence-corrected chi connectivity index (χ2v) is 5.23. The van der Waals surface area contributed by atoms with E-state index in [9.17, 15) is 5.26 Å². The molecule has 0 radical (unpaired) electrons. The Labute approximate surface area is 130 Å². The zero-order valence-corrected chi connectivity index (χ0v) is 12.2. The summed E-state index contributed by atoms with van der Waals surface area (Å²) < 4.78 is 0. The van der Waals surface area contributed by atoms with Crippen LogP contribution in [0.3, 0.4) is 0 Å². The van der Waals surface area contributed by atoms with Gasteiger partial charge in [-0.15, -0.1) is 0 Å². The molecule has 0 aliphatic carbocycles. The highest BCUT2D eigenvalue weighted by molar-refractivity contribution is 5.83. The molecule has 0 bridgehead atoms. The van der Waals surface area contributed by atoms with Crippen LogP contribution in [-0.4, -0.2) is 6.21 Å². The second-order valence-electron chi connectivity index (χ2n) is 5.23. The van der Waals surface area contributed by atoms with Gasteiger partial charge in [0, 0.05) is 6.21 Å². The molecule has 0 aromatic heterocycles. The van der Waals surface area contributed by atoms with E-state index in [1.165, 1.54) is 10.8 Å². The van der Waals surface area contributed by atoms with E-state index in [0.717, 1.165) is 11.3 Å². The SMILES string of the molecule is N#CC(C=Nc1ccccc1)Cc1ccc2ccccc2c1. The molecule has 0 heterocycles. The van der Waals surface area contributed by atoms with Gasteiger partial charge in [-0.2, -0.15) is 5.26 Å². The lowest BCUT2D eigenvalue weighted by Gasteiger charge is -2.05. The van der Waals surface area contributed by atoms with E-state index in [4.69, 9.17) is 0 Å². The van der Waals surface area contributed by atoms with Gasteiger partial charge >= 0.3 is 0 Å². The van der Waals surface area contributed by atoms with Crippen molar-refractivity contribution in [1.29, 1.82) is 5.26 Å². The number of hydrogen-bond acceptors (Lipinski definition) is 2. The maximum Gasteiger partial charge on any atom is 0.0855 e. The number of benzene rings is 3. The number of nitrogens with zero attached hydrogens (tertiary/aromatic N) is 2. The third-order valence-corrected chi connectivity index (χ3v) is 3.60. The van der Waals surface area contributed by atoms with Gasteiger partial charge < -0.3 is 0 Å². The Bertz CT molecular complexity index is 829. The van der Waals surface area contributed by atoms with E-state index < -0.39 is 0 Å². The largest absolute Gasteiger partial charge is 0.260 e. The molecule has 2 heteroatoms. The summed E-state index contributed by atoms with van der Waals surface area (Å²) in [5.41, 5.74) is 2.03. The lowest BCUT2D eigenvalue weighted by Crippen LogP contribution is -2.03. The smallest absolute Gasteiger partial charge is 0.0855 e. The highest BCUT2D eigenvalue weighted by Crippen LogP contribution is 2.18. The lowest BCUT2D eigenvalue weighted by atomic mass is 9.99. The van der Waals surface area contributed by atoms with Crippen LogP contribution in [0.15, 0.2) is 77.8 Å². The van der Waals surface area contributed by atoms with Crippen LogP contribution in [0, 0.1) is 17.2 Å². The molecule has 1 unspecified atom stereocenters. The van der Waals surface area contributed by atoms with Crippen molar-refractivity contribution in [2.24, 2.45) is 10.9 Å². The highest BCUT2D eigenvalue weighted by atomic mass is 14.7. The molecule has 3 aromatic rings. The topological polar surface area (TPSA) is 36.1 Å². The molecule has 0 saturated heterocycles. The molecule has 106 valence electrons. The van der Waals surface area contributed by atoms with Gasteiger partial charge in [0.05, 0.1) is 17.7 Å². The third kappa shape index (κ3) is 3.39. The molecule has 0 aliphatic heterocycles. The second kappa shape index (κ2) is 6.69. The lowest BCUT2D eigenvalue weighted by molar-refractivity contribution is 0.881. The van der Waals surface area contributed by atoms with Crippen molar-refractivity contribution >= 4 is 22.7 Å². The first-order valence-electron chi connectivity index (χ1n) is 7.32. The molecular formula is C20H16N2. The van der Waals surface area contributed by atoms with Crippen LogP contribution in [0.1, 0.15) is 5.56 Å². The van der Waals surface area contributed by atoms with Crippen LogP contribution in [0.4, 0.5) is 5.69 Å². The first kappa shape index (κ1) is 14.0. The summed E-state index contributed by atoms with van der Waals surface area (Å²) in [6.45, 7) is 0. The van der Waals surface area contributed by atoms with Crippen LogP contribution < -0.4 is 0 Å². The first-order chi connectivity index (χ1) is 10.8. The quantitative estimate of drug-likeness (QED) is 0.626. The molecule has 0 fully saturated rings. The number of rotatable bonds is 4. The monoisotopic (exact) mass is 284 g/mol. The molecule has 0 saturated carbocycles. The van der Waals surface area contributed by atoms with E-state index in [1.807, 2.05) is 42.5 Å². The minimum atomic E-state index is -0.221. The van der Waals surface area contributed by atoms with E-state index in [-0.39, 0.29) is 5.92 Å². The van der Waals surface area contributed by atoms with Gasteiger partial charge in [-0.1, -0.05) is 60.7 Å². The summed E-state index contributed by atoms with van der Waals surface area (Å²) in [6.07, 6.45) is 2.42. The number of hydrogen-bond donors (Lipinski definition) is 0. The minimum absolute atomic E-state index is 0.221. The van der Waals surface area contributed by atoms with Crippen LogP contribution in [0.25, 0.3) is 10.8 Å². The standard InChI is InChI=1S/C20H16N2/c21-14-17(15-22-20-8-2-1-3-9-20)12-16-10-11-18-6-4-5-7-19(18)13-16/h1-11,13,15,17H,12H2. The summed E-state index contributed by atoms with van der Waals surface area (Å²) in [5.74, 6) is -0.221. The normalized spacial score (nSPS) is 12.3. The molecule has 22 heavy (non-hydrogen) atoms. The van der Waals surface area contributed by atoms with Crippen molar-refractivity contribution in [2.75, 3.05) is 0 Å². The predicted molar refractivity (Wildman–Crippen MR) is 91.3 cm³/mol. The fourth-order valence-corrected chi connectivity index (χ4v) is 2.44. The molecular weight excluding hydrogens is 268 g/mol. The van der Waals surface area contributed by atoms with Gasteiger partial charge in [-0.3, -0.25) is 4.99 Å². The van der Waals surface area contributed by atoms with Gasteiger partial charge in [-0.05, 0) is 34.9 Å². The van der Waals surface area contributed by atoms with Crippen molar-refractivity contribution in [3.05, 3.63) is 78.4 Å². The first-order valence-corrected chi connectivity index (χ1v) is 7.32. The van der Waals surface area contributed by atoms with Crippen LogP contribution in [0.5, 0.6) is 0 Å². The Morgan fingerprint density at radius 2 is 1.64 bits per heavy atom.